The molecule has 1 atom stereocenters. The quantitative estimate of drug-likeness (QED) is 0.590. The molecule has 1 amide bonds. The number of nitrogens with one attached hydrogen (secondary N) is 1. The minimum absolute atomic E-state index is 0.0331. The number of carbonyl (C=O) groups excluding carboxylic acids is 1. The normalized spacial score (nSPS) is 18.2. The molecule has 30 heavy (non-hydrogen) atoms. The van der Waals surface area contributed by atoms with E-state index >= 15 is 0 Å². The monoisotopic (exact) mass is 444 g/mol. The van der Waals surface area contributed by atoms with Gasteiger partial charge in [0, 0.05) is 33.2 Å². The van der Waals surface area contributed by atoms with Crippen LogP contribution in [0.25, 0.3) is 10.9 Å². The smallest absolute Gasteiger partial charge is 0.323 e. The van der Waals surface area contributed by atoms with Crippen molar-refractivity contribution in [1.29, 1.82) is 0 Å². The molecule has 1 aliphatic carbocycles. The molecule has 2 N–H and O–H groups in total. The van der Waals surface area contributed by atoms with Gasteiger partial charge in [-0.05, 0) is 48.6 Å². The zero-order valence-corrected chi connectivity index (χ0v) is 18.1. The van der Waals surface area contributed by atoms with Crippen molar-refractivity contribution in [3.63, 3.8) is 0 Å². The minimum atomic E-state index is -0.871. The first-order chi connectivity index (χ1) is 14.3. The fraction of sp³-hybridized carbons (Fsp3) is 0.304. The summed E-state index contributed by atoms with van der Waals surface area (Å²) in [4.78, 5) is 24.5. The van der Waals surface area contributed by atoms with Crippen LogP contribution in [0.5, 0.6) is 0 Å². The van der Waals surface area contributed by atoms with Gasteiger partial charge in [0.25, 0.3) is 0 Å². The van der Waals surface area contributed by atoms with E-state index in [0.717, 1.165) is 27.7 Å². The van der Waals surface area contributed by atoms with Crippen LogP contribution in [-0.2, 0) is 35.5 Å². The predicted octanol–water partition coefficient (Wildman–Crippen LogP) is 4.84. The third-order valence-electron chi connectivity index (χ3n) is 5.97. The number of carbonyl (C=O) groups is 2. The van der Waals surface area contributed by atoms with Crippen molar-refractivity contribution < 1.29 is 14.7 Å². The summed E-state index contributed by atoms with van der Waals surface area (Å²) in [6.07, 6.45) is 1.87. The van der Waals surface area contributed by atoms with Crippen LogP contribution in [0.4, 0.5) is 0 Å². The number of hydrogen-bond acceptors (Lipinski definition) is 2. The number of aliphatic carboxylic acids is 1. The molecule has 7 heteroatoms. The maximum atomic E-state index is 13.1. The number of amides is 1. The second-order valence-corrected chi connectivity index (χ2v) is 8.92. The lowest BCUT2D eigenvalue weighted by atomic mass is 9.73. The number of benzene rings is 2. The van der Waals surface area contributed by atoms with E-state index in [2.05, 4.69) is 5.32 Å². The first-order valence-corrected chi connectivity index (χ1v) is 10.6. The number of nitrogens with zero attached hydrogens (tertiary/aromatic N) is 1. The predicted molar refractivity (Wildman–Crippen MR) is 118 cm³/mol. The van der Waals surface area contributed by atoms with Gasteiger partial charge in [-0.2, -0.15) is 0 Å². The number of carboxylic acids is 1. The Kier molecular flexibility index (Phi) is 5.51. The maximum Gasteiger partial charge on any atom is 0.323 e. The molecule has 1 unspecified atom stereocenters. The molecule has 0 radical (unpaired) electrons. The molecule has 5 nitrogen and oxygen atoms in total. The molecule has 156 valence electrons. The zero-order valence-electron chi connectivity index (χ0n) is 16.5. The van der Waals surface area contributed by atoms with Crippen LogP contribution in [0.1, 0.15) is 30.2 Å². The Hall–Kier alpha value is -2.50. The van der Waals surface area contributed by atoms with Crippen molar-refractivity contribution >= 4 is 46.0 Å². The van der Waals surface area contributed by atoms with E-state index in [1.165, 1.54) is 0 Å². The van der Waals surface area contributed by atoms with Crippen molar-refractivity contribution in [3.05, 3.63) is 69.3 Å². The van der Waals surface area contributed by atoms with Crippen LogP contribution < -0.4 is 5.32 Å². The first-order valence-electron chi connectivity index (χ1n) is 9.81. The van der Waals surface area contributed by atoms with Crippen LogP contribution in [0, 0.1) is 5.41 Å². The second-order valence-electron chi connectivity index (χ2n) is 8.08. The summed E-state index contributed by atoms with van der Waals surface area (Å²) in [7, 11) is 0. The summed E-state index contributed by atoms with van der Waals surface area (Å²) < 4.78 is 1.87. The molecule has 0 bridgehead atoms. The molecule has 2 aromatic carbocycles. The number of halogens is 2. The van der Waals surface area contributed by atoms with Crippen molar-refractivity contribution in [2.45, 2.75) is 39.3 Å². The van der Waals surface area contributed by atoms with Crippen LogP contribution in [0.2, 0.25) is 10.0 Å². The summed E-state index contributed by atoms with van der Waals surface area (Å²) in [5.74, 6) is -0.904. The largest absolute Gasteiger partial charge is 0.480 e. The number of hydrogen-bond donors (Lipinski definition) is 2. The van der Waals surface area contributed by atoms with Gasteiger partial charge in [-0.25, -0.2) is 0 Å². The molecule has 1 aromatic heterocycles. The molecule has 1 heterocycles. The van der Waals surface area contributed by atoms with E-state index in [-0.39, 0.29) is 12.5 Å². The van der Waals surface area contributed by atoms with E-state index in [1.807, 2.05) is 41.8 Å². The van der Waals surface area contributed by atoms with Crippen molar-refractivity contribution in [2.75, 3.05) is 0 Å². The van der Waals surface area contributed by atoms with Gasteiger partial charge in [0.2, 0.25) is 5.91 Å². The highest BCUT2D eigenvalue weighted by molar-refractivity contribution is 6.35. The Balaban J connectivity index is 1.59. The van der Waals surface area contributed by atoms with E-state index in [4.69, 9.17) is 23.2 Å². The molecule has 4 rings (SSSR count). The van der Waals surface area contributed by atoms with Gasteiger partial charge >= 0.3 is 5.97 Å². The van der Waals surface area contributed by atoms with Gasteiger partial charge < -0.3 is 15.0 Å². The third kappa shape index (κ3) is 3.80. The Bertz CT molecular complexity index is 1150. The average molecular weight is 445 g/mol. The molecular formula is C23H22Cl2N2O3. The highest BCUT2D eigenvalue weighted by atomic mass is 35.5. The van der Waals surface area contributed by atoms with Crippen LogP contribution in [-0.4, -0.2) is 21.6 Å². The fourth-order valence-electron chi connectivity index (χ4n) is 4.35. The van der Waals surface area contributed by atoms with Gasteiger partial charge in [-0.3, -0.25) is 9.59 Å². The Morgan fingerprint density at radius 1 is 1.20 bits per heavy atom. The molecule has 1 aliphatic rings. The lowest BCUT2D eigenvalue weighted by molar-refractivity contribution is -0.137. The molecule has 0 saturated carbocycles. The number of para-hydroxylation sites is 1. The van der Waals surface area contributed by atoms with Crippen LogP contribution >= 0.6 is 23.2 Å². The third-order valence-corrected chi connectivity index (χ3v) is 6.56. The number of fused-ring (bicyclic) bond motifs is 3. The highest BCUT2D eigenvalue weighted by Crippen LogP contribution is 2.40. The highest BCUT2D eigenvalue weighted by Gasteiger charge is 2.39. The van der Waals surface area contributed by atoms with Gasteiger partial charge in [0.1, 0.15) is 6.54 Å². The molecule has 0 aliphatic heterocycles. The van der Waals surface area contributed by atoms with E-state index < -0.39 is 11.4 Å². The molecule has 0 saturated heterocycles. The fourth-order valence-corrected chi connectivity index (χ4v) is 4.82. The Labute approximate surface area is 184 Å². The summed E-state index contributed by atoms with van der Waals surface area (Å²) in [6, 6.07) is 13.0. The lowest BCUT2D eigenvalue weighted by Gasteiger charge is -2.33. The van der Waals surface area contributed by atoms with E-state index in [0.29, 0.717) is 35.9 Å². The summed E-state index contributed by atoms with van der Waals surface area (Å²) in [5.41, 5.74) is 3.23. The number of rotatable bonds is 5. The van der Waals surface area contributed by atoms with E-state index in [9.17, 15) is 14.7 Å². The maximum absolute atomic E-state index is 13.1. The van der Waals surface area contributed by atoms with Crippen LogP contribution in [0.3, 0.4) is 0 Å². The molecule has 3 aromatic rings. The van der Waals surface area contributed by atoms with Gasteiger partial charge in [-0.1, -0.05) is 54.4 Å². The summed E-state index contributed by atoms with van der Waals surface area (Å²) >= 11 is 12.2. The van der Waals surface area contributed by atoms with Gasteiger partial charge in [0.15, 0.2) is 0 Å². The standard InChI is InChI=1S/C23H22Cl2N2O3/c1-23(22(30)26-12-14-6-7-15(24)10-18(14)25)9-8-20-17(11-23)16-4-2-3-5-19(16)27(20)13-21(28)29/h2-7,10H,8-9,11-13H2,1H3,(H,26,30)(H,28,29). The van der Waals surface area contributed by atoms with Crippen molar-refractivity contribution in [2.24, 2.45) is 5.41 Å². The summed E-state index contributed by atoms with van der Waals surface area (Å²) in [5, 5.41) is 14.5. The van der Waals surface area contributed by atoms with Crippen LogP contribution in [0.15, 0.2) is 42.5 Å². The Morgan fingerprint density at radius 3 is 2.70 bits per heavy atom. The van der Waals surface area contributed by atoms with E-state index in [1.54, 1.807) is 12.1 Å². The Morgan fingerprint density at radius 2 is 1.97 bits per heavy atom. The second kappa shape index (κ2) is 7.97. The summed E-state index contributed by atoms with van der Waals surface area (Å²) in [6.45, 7) is 2.23. The number of carboxylic acid groups (broad SMARTS) is 1. The SMILES string of the molecule is CC1(C(=O)NCc2ccc(Cl)cc2Cl)CCc2c(c3ccccc3n2CC(=O)O)C1. The van der Waals surface area contributed by atoms with Gasteiger partial charge in [0.05, 0.1) is 5.41 Å². The molecule has 0 spiro atoms. The number of aromatic nitrogens is 1. The first kappa shape index (κ1) is 20.8. The van der Waals surface area contributed by atoms with Crippen molar-refractivity contribution in [3.8, 4) is 0 Å². The minimum Gasteiger partial charge on any atom is -0.480 e. The van der Waals surface area contributed by atoms with Gasteiger partial charge in [-0.15, -0.1) is 0 Å². The topological polar surface area (TPSA) is 71.3 Å². The molecular weight excluding hydrogens is 423 g/mol. The average Bonchev–Trinajstić information content (AvgIpc) is 2.99. The zero-order chi connectivity index (χ0) is 21.5. The lowest BCUT2D eigenvalue weighted by Crippen LogP contribution is -2.42. The van der Waals surface area contributed by atoms with Crippen molar-refractivity contribution in [1.82, 2.24) is 9.88 Å². The molecule has 0 fully saturated rings.